The molecule has 46 heavy (non-hydrogen) atoms. The van der Waals surface area contributed by atoms with Crippen molar-refractivity contribution in [3.8, 4) is 11.5 Å². The van der Waals surface area contributed by atoms with Gasteiger partial charge in [-0.1, -0.05) is 11.6 Å². The molecule has 3 rings (SSSR count). The molecule has 18 heteroatoms. The van der Waals surface area contributed by atoms with E-state index in [2.05, 4.69) is 25.6 Å². The van der Waals surface area contributed by atoms with Crippen LogP contribution < -0.4 is 15.4 Å². The van der Waals surface area contributed by atoms with Crippen molar-refractivity contribution in [1.29, 1.82) is 0 Å². The molecule has 2 N–H and O–H groups in total. The number of alkyl halides is 3. The van der Waals surface area contributed by atoms with Crippen LogP contribution in [0.3, 0.4) is 0 Å². The number of hydrogen-bond acceptors (Lipinski definition) is 12. The van der Waals surface area contributed by atoms with Gasteiger partial charge in [-0.15, -0.1) is 0 Å². The summed E-state index contributed by atoms with van der Waals surface area (Å²) in [5.41, 5.74) is -2.27. The molecule has 1 heterocycles. The van der Waals surface area contributed by atoms with Crippen LogP contribution in [0, 0.1) is 10.1 Å². The first-order valence-electron chi connectivity index (χ1n) is 13.5. The molecule has 1 atom stereocenters. The van der Waals surface area contributed by atoms with Gasteiger partial charge in [-0.2, -0.15) is 28.1 Å². The molecule has 0 saturated carbocycles. The first kappa shape index (κ1) is 37.7. The Morgan fingerprint density at radius 3 is 2.22 bits per heavy atom. The highest BCUT2D eigenvalue weighted by Crippen LogP contribution is 2.37. The maximum absolute atomic E-state index is 12.8. The van der Waals surface area contributed by atoms with Crippen molar-refractivity contribution < 1.29 is 41.9 Å². The molecule has 0 amide bonds. The van der Waals surface area contributed by atoms with Gasteiger partial charge in [0.15, 0.2) is 6.10 Å². The molecule has 0 aliphatic heterocycles. The quantitative estimate of drug-likeness (QED) is 0.124. The van der Waals surface area contributed by atoms with Gasteiger partial charge in [-0.05, 0) is 77.4 Å². The Balaban J connectivity index is 0.000000410. The number of nitrogens with one attached hydrogen (secondary N) is 2. The third kappa shape index (κ3) is 11.8. The number of anilines is 2. The van der Waals surface area contributed by atoms with E-state index in [1.54, 1.807) is 6.92 Å². The number of hydrogen-bond donors (Lipinski definition) is 2. The van der Waals surface area contributed by atoms with Gasteiger partial charge < -0.3 is 24.8 Å². The third-order valence-electron chi connectivity index (χ3n) is 5.20. The van der Waals surface area contributed by atoms with Crippen molar-refractivity contribution in [3.63, 3.8) is 0 Å². The number of nitro benzene ring substituents is 1. The molecular weight excluding hydrogens is 660 g/mol. The van der Waals surface area contributed by atoms with Crippen molar-refractivity contribution in [2.45, 2.75) is 59.4 Å². The van der Waals surface area contributed by atoms with Crippen LogP contribution in [0.5, 0.6) is 11.5 Å². The number of nitrogens with zero attached hydrogens (tertiary/aromatic N) is 4. The van der Waals surface area contributed by atoms with E-state index in [1.807, 2.05) is 27.7 Å². The lowest BCUT2D eigenvalue weighted by Crippen LogP contribution is -2.27. The fraction of sp³-hybridized carbons (Fsp3) is 0.393. The zero-order valence-corrected chi connectivity index (χ0v) is 27.0. The molecule has 3 aromatic rings. The Labute approximate surface area is 271 Å². The predicted octanol–water partition coefficient (Wildman–Crippen LogP) is 7.33. The SMILES string of the molecule is CCNc1nc(Cl)nc(NC(C)(C)C)n1.CCOC(=O)C(C)OC(=O)c1cc(Oc2ccc(C(F)(F)F)cc2Cl)ccc1[N+](=O)[O-]. The van der Waals surface area contributed by atoms with Crippen LogP contribution in [0.25, 0.3) is 0 Å². The molecular formula is C28H31Cl2F3N6O7. The molecule has 2 aromatic carbocycles. The topological polar surface area (TPSA) is 168 Å². The molecule has 0 aliphatic carbocycles. The number of rotatable bonds is 10. The highest BCUT2D eigenvalue weighted by Gasteiger charge is 2.31. The first-order valence-corrected chi connectivity index (χ1v) is 14.2. The standard InChI is InChI=1S/C19H15ClF3NO7.C9H16ClN5/c1-3-29-17(25)10(2)30-18(26)13-9-12(5-6-15(13)24(27)28)31-16-7-4-11(8-14(16)20)19(21,22)23;1-5-11-7-12-6(10)13-8(14-7)15-9(2,3)4/h4-10H,3H2,1-2H3;5H2,1-4H3,(H2,11,12,13,14,15). The van der Waals surface area contributed by atoms with Crippen LogP contribution in [-0.2, 0) is 20.4 Å². The van der Waals surface area contributed by atoms with Crippen LogP contribution in [0.2, 0.25) is 10.3 Å². The van der Waals surface area contributed by atoms with Crippen LogP contribution in [0.15, 0.2) is 36.4 Å². The second-order valence-corrected chi connectivity index (χ2v) is 10.9. The summed E-state index contributed by atoms with van der Waals surface area (Å²) in [6.07, 6.45) is -5.94. The number of aromatic nitrogens is 3. The molecule has 1 aromatic heterocycles. The van der Waals surface area contributed by atoms with E-state index in [1.165, 1.54) is 6.92 Å². The number of ether oxygens (including phenoxy) is 3. The predicted molar refractivity (Wildman–Crippen MR) is 164 cm³/mol. The van der Waals surface area contributed by atoms with Crippen molar-refractivity contribution in [2.24, 2.45) is 0 Å². The van der Waals surface area contributed by atoms with Crippen LogP contribution in [-0.4, -0.2) is 56.6 Å². The van der Waals surface area contributed by atoms with Crippen molar-refractivity contribution >= 4 is 52.7 Å². The van der Waals surface area contributed by atoms with Gasteiger partial charge in [0.25, 0.3) is 5.69 Å². The number of nitro groups is 1. The maximum atomic E-state index is 12.8. The Kier molecular flexibility index (Phi) is 13.3. The number of benzene rings is 2. The van der Waals surface area contributed by atoms with E-state index >= 15 is 0 Å². The second kappa shape index (κ2) is 16.2. The van der Waals surface area contributed by atoms with Gasteiger partial charge in [0.05, 0.1) is 22.1 Å². The van der Waals surface area contributed by atoms with E-state index in [0.29, 0.717) is 18.0 Å². The Bertz CT molecular complexity index is 1550. The highest BCUT2D eigenvalue weighted by molar-refractivity contribution is 6.32. The van der Waals surface area contributed by atoms with E-state index in [4.69, 9.17) is 37.4 Å². The number of carbonyl (C=O) groups excluding carboxylic acids is 2. The van der Waals surface area contributed by atoms with E-state index in [-0.39, 0.29) is 34.0 Å². The fourth-order valence-corrected chi connectivity index (χ4v) is 3.68. The van der Waals surface area contributed by atoms with Crippen molar-refractivity contribution in [1.82, 2.24) is 15.0 Å². The van der Waals surface area contributed by atoms with Gasteiger partial charge >= 0.3 is 18.1 Å². The minimum Gasteiger partial charge on any atom is -0.463 e. The average Bonchev–Trinajstić information content (AvgIpc) is 2.92. The fourth-order valence-electron chi connectivity index (χ4n) is 3.30. The minimum absolute atomic E-state index is 0.0398. The van der Waals surface area contributed by atoms with Gasteiger partial charge in [0.1, 0.15) is 17.1 Å². The second-order valence-electron chi connectivity index (χ2n) is 10.1. The lowest BCUT2D eigenvalue weighted by Gasteiger charge is -2.20. The number of esters is 2. The zero-order chi connectivity index (χ0) is 34.8. The molecule has 0 fully saturated rings. The summed E-state index contributed by atoms with van der Waals surface area (Å²) in [4.78, 5) is 46.5. The average molecular weight is 691 g/mol. The molecule has 250 valence electrons. The summed E-state index contributed by atoms with van der Waals surface area (Å²) >= 11 is 11.6. The van der Waals surface area contributed by atoms with Gasteiger partial charge in [-0.3, -0.25) is 10.1 Å². The Morgan fingerprint density at radius 1 is 1.02 bits per heavy atom. The smallest absolute Gasteiger partial charge is 0.416 e. The van der Waals surface area contributed by atoms with Crippen LogP contribution >= 0.6 is 23.2 Å². The van der Waals surface area contributed by atoms with E-state index in [9.17, 15) is 32.9 Å². The molecule has 13 nitrogen and oxygen atoms in total. The summed E-state index contributed by atoms with van der Waals surface area (Å²) in [5, 5.41) is 17.2. The first-order chi connectivity index (χ1) is 21.3. The largest absolute Gasteiger partial charge is 0.463 e. The Morgan fingerprint density at radius 2 is 1.67 bits per heavy atom. The monoisotopic (exact) mass is 690 g/mol. The molecule has 0 aliphatic rings. The maximum Gasteiger partial charge on any atom is 0.416 e. The summed E-state index contributed by atoms with van der Waals surface area (Å²) in [7, 11) is 0. The molecule has 0 bridgehead atoms. The van der Waals surface area contributed by atoms with Crippen LogP contribution in [0.1, 0.15) is 57.5 Å². The molecule has 0 saturated heterocycles. The number of halogens is 5. The summed E-state index contributed by atoms with van der Waals surface area (Å²) < 4.78 is 53.2. The summed E-state index contributed by atoms with van der Waals surface area (Å²) in [5.74, 6) is -1.38. The van der Waals surface area contributed by atoms with Crippen molar-refractivity contribution in [2.75, 3.05) is 23.8 Å². The summed E-state index contributed by atoms with van der Waals surface area (Å²) in [6, 6.07) is 5.37. The zero-order valence-electron chi connectivity index (χ0n) is 25.5. The van der Waals surface area contributed by atoms with Gasteiger partial charge in [0.2, 0.25) is 17.2 Å². The van der Waals surface area contributed by atoms with Crippen molar-refractivity contribution in [3.05, 3.63) is 67.9 Å². The number of carbonyl (C=O) groups is 2. The third-order valence-corrected chi connectivity index (χ3v) is 5.67. The molecule has 1 unspecified atom stereocenters. The molecule has 0 spiro atoms. The summed E-state index contributed by atoms with van der Waals surface area (Å²) in [6.45, 7) is 11.6. The minimum atomic E-state index is -4.61. The van der Waals surface area contributed by atoms with E-state index in [0.717, 1.165) is 36.9 Å². The van der Waals surface area contributed by atoms with Gasteiger partial charge in [-0.25, -0.2) is 9.59 Å². The lowest BCUT2D eigenvalue weighted by molar-refractivity contribution is -0.385. The normalized spacial score (nSPS) is 11.8. The highest BCUT2D eigenvalue weighted by atomic mass is 35.5. The van der Waals surface area contributed by atoms with Gasteiger partial charge in [0, 0.05) is 24.2 Å². The Hall–Kier alpha value is -4.44. The molecule has 0 radical (unpaired) electrons. The lowest BCUT2D eigenvalue weighted by atomic mass is 10.1. The van der Waals surface area contributed by atoms with E-state index < -0.39 is 46.0 Å². The van der Waals surface area contributed by atoms with Crippen LogP contribution in [0.4, 0.5) is 30.8 Å².